The van der Waals surface area contributed by atoms with Gasteiger partial charge in [-0.05, 0) is 67.7 Å². The zero-order valence-corrected chi connectivity index (χ0v) is 19.6. The second-order valence-electron chi connectivity index (χ2n) is 8.33. The Morgan fingerprint density at radius 1 is 1.03 bits per heavy atom. The van der Waals surface area contributed by atoms with Gasteiger partial charge in [0.2, 0.25) is 15.9 Å². The molecule has 1 N–H and O–H groups in total. The lowest BCUT2D eigenvalue weighted by Crippen LogP contribution is -2.49. The van der Waals surface area contributed by atoms with Crippen LogP contribution in [0, 0.1) is 5.82 Å². The van der Waals surface area contributed by atoms with Crippen LogP contribution in [0.15, 0.2) is 48.5 Å². The molecule has 2 aromatic rings. The lowest BCUT2D eigenvalue weighted by molar-refractivity contribution is -0.122. The molecule has 0 spiro atoms. The highest BCUT2D eigenvalue weighted by Crippen LogP contribution is 2.23. The van der Waals surface area contributed by atoms with E-state index in [1.165, 1.54) is 49.1 Å². The van der Waals surface area contributed by atoms with E-state index in [9.17, 15) is 17.6 Å². The first kappa shape index (κ1) is 24.2. The predicted molar refractivity (Wildman–Crippen MR) is 125 cm³/mol. The van der Waals surface area contributed by atoms with Crippen LogP contribution in [-0.2, 0) is 27.9 Å². The Labute approximate surface area is 190 Å². The van der Waals surface area contributed by atoms with E-state index in [4.69, 9.17) is 0 Å². The molecular weight excluding hydrogens is 429 g/mol. The largest absolute Gasteiger partial charge is 0.350 e. The standard InChI is InChI=1S/C24H32FN3O3S/c1-3-23(28(32(2,30)31)22-13-11-21(25)12-14-22)24(29)26-17-19-7-9-20(10-8-19)18-27-15-5-4-6-16-27/h7-14,23H,3-6,15-18H2,1-2H3,(H,26,29)/t23-/m1/s1. The summed E-state index contributed by atoms with van der Waals surface area (Å²) in [5, 5.41) is 2.85. The molecule has 0 aliphatic carbocycles. The number of nitrogens with zero attached hydrogens (tertiary/aromatic N) is 2. The monoisotopic (exact) mass is 461 g/mol. The number of amides is 1. The molecule has 174 valence electrons. The topological polar surface area (TPSA) is 69.7 Å². The summed E-state index contributed by atoms with van der Waals surface area (Å²) in [6.07, 6.45) is 5.15. The molecule has 0 saturated carbocycles. The lowest BCUT2D eigenvalue weighted by Gasteiger charge is -2.30. The van der Waals surface area contributed by atoms with Crippen molar-refractivity contribution in [3.8, 4) is 0 Å². The van der Waals surface area contributed by atoms with Crippen LogP contribution in [0.1, 0.15) is 43.7 Å². The second kappa shape index (κ2) is 10.9. The SMILES string of the molecule is CC[C@H](C(=O)NCc1ccc(CN2CCCCC2)cc1)N(c1ccc(F)cc1)S(C)(=O)=O. The quantitative estimate of drug-likeness (QED) is 0.619. The van der Waals surface area contributed by atoms with E-state index in [2.05, 4.69) is 22.3 Å². The van der Waals surface area contributed by atoms with Crippen molar-refractivity contribution in [1.29, 1.82) is 0 Å². The van der Waals surface area contributed by atoms with Crippen LogP contribution in [0.3, 0.4) is 0 Å². The van der Waals surface area contributed by atoms with Crippen LogP contribution < -0.4 is 9.62 Å². The van der Waals surface area contributed by atoms with E-state index < -0.39 is 21.9 Å². The molecular formula is C24H32FN3O3S. The predicted octanol–water partition coefficient (Wildman–Crippen LogP) is 3.67. The smallest absolute Gasteiger partial charge is 0.244 e. The molecule has 6 nitrogen and oxygen atoms in total. The Hall–Kier alpha value is -2.45. The number of piperidine rings is 1. The van der Waals surface area contributed by atoms with Gasteiger partial charge in [-0.25, -0.2) is 12.8 Å². The van der Waals surface area contributed by atoms with Crippen LogP contribution in [0.2, 0.25) is 0 Å². The molecule has 0 aromatic heterocycles. The number of anilines is 1. The summed E-state index contributed by atoms with van der Waals surface area (Å²) in [7, 11) is -3.74. The van der Waals surface area contributed by atoms with E-state index >= 15 is 0 Å². The van der Waals surface area contributed by atoms with Crippen molar-refractivity contribution in [2.45, 2.75) is 51.7 Å². The fourth-order valence-electron chi connectivity index (χ4n) is 4.09. The van der Waals surface area contributed by atoms with E-state index in [1.54, 1.807) is 6.92 Å². The molecule has 0 unspecified atom stereocenters. The fourth-order valence-corrected chi connectivity index (χ4v) is 5.31. The van der Waals surface area contributed by atoms with Gasteiger partial charge in [0.05, 0.1) is 11.9 Å². The minimum Gasteiger partial charge on any atom is -0.350 e. The zero-order chi connectivity index (χ0) is 23.1. The van der Waals surface area contributed by atoms with Gasteiger partial charge in [-0.1, -0.05) is 37.6 Å². The fraction of sp³-hybridized carbons (Fsp3) is 0.458. The first-order chi connectivity index (χ1) is 15.3. The van der Waals surface area contributed by atoms with Gasteiger partial charge in [0.1, 0.15) is 11.9 Å². The van der Waals surface area contributed by atoms with Crippen LogP contribution in [0.25, 0.3) is 0 Å². The molecule has 1 fully saturated rings. The number of halogens is 1. The van der Waals surface area contributed by atoms with E-state index in [0.29, 0.717) is 6.54 Å². The summed E-state index contributed by atoms with van der Waals surface area (Å²) in [4.78, 5) is 15.4. The molecule has 0 radical (unpaired) electrons. The van der Waals surface area contributed by atoms with Gasteiger partial charge in [0.15, 0.2) is 0 Å². The van der Waals surface area contributed by atoms with Crippen molar-refractivity contribution in [1.82, 2.24) is 10.2 Å². The number of benzene rings is 2. The minimum absolute atomic E-state index is 0.262. The molecule has 1 amide bonds. The van der Waals surface area contributed by atoms with Crippen molar-refractivity contribution >= 4 is 21.6 Å². The first-order valence-electron chi connectivity index (χ1n) is 11.1. The zero-order valence-electron chi connectivity index (χ0n) is 18.8. The van der Waals surface area contributed by atoms with Crippen LogP contribution >= 0.6 is 0 Å². The van der Waals surface area contributed by atoms with Crippen molar-refractivity contribution in [3.05, 3.63) is 65.5 Å². The van der Waals surface area contributed by atoms with Crippen LogP contribution in [0.5, 0.6) is 0 Å². The average molecular weight is 462 g/mol. The van der Waals surface area contributed by atoms with Crippen molar-refractivity contribution in [3.63, 3.8) is 0 Å². The van der Waals surface area contributed by atoms with E-state index in [-0.39, 0.29) is 18.0 Å². The molecule has 1 saturated heterocycles. The first-order valence-corrected chi connectivity index (χ1v) is 13.0. The maximum absolute atomic E-state index is 13.3. The highest BCUT2D eigenvalue weighted by atomic mass is 32.2. The molecule has 1 heterocycles. The third-order valence-corrected chi connectivity index (χ3v) is 6.94. The Morgan fingerprint density at radius 2 is 1.62 bits per heavy atom. The van der Waals surface area contributed by atoms with Crippen LogP contribution in [0.4, 0.5) is 10.1 Å². The molecule has 1 atom stereocenters. The van der Waals surface area contributed by atoms with E-state index in [1.807, 2.05) is 12.1 Å². The van der Waals surface area contributed by atoms with Gasteiger partial charge in [0.25, 0.3) is 0 Å². The number of likely N-dealkylation sites (tertiary alicyclic amines) is 1. The van der Waals surface area contributed by atoms with Crippen molar-refractivity contribution < 1.29 is 17.6 Å². The molecule has 0 bridgehead atoms. The van der Waals surface area contributed by atoms with Crippen LogP contribution in [-0.4, -0.2) is 44.6 Å². The maximum atomic E-state index is 13.3. The Bertz CT molecular complexity index is 988. The average Bonchev–Trinajstić information content (AvgIpc) is 2.77. The number of carbonyl (C=O) groups is 1. The van der Waals surface area contributed by atoms with Gasteiger partial charge in [0, 0.05) is 13.1 Å². The van der Waals surface area contributed by atoms with Gasteiger partial charge in [-0.2, -0.15) is 0 Å². The van der Waals surface area contributed by atoms with Crippen molar-refractivity contribution in [2.24, 2.45) is 0 Å². The molecule has 1 aliphatic rings. The second-order valence-corrected chi connectivity index (χ2v) is 10.2. The summed E-state index contributed by atoms with van der Waals surface area (Å²) in [5.41, 5.74) is 2.45. The number of nitrogens with one attached hydrogen (secondary N) is 1. The Balaban J connectivity index is 1.64. The maximum Gasteiger partial charge on any atom is 0.244 e. The number of sulfonamides is 1. The van der Waals surface area contributed by atoms with Gasteiger partial charge < -0.3 is 5.32 Å². The van der Waals surface area contributed by atoms with Gasteiger partial charge in [-0.15, -0.1) is 0 Å². The van der Waals surface area contributed by atoms with E-state index in [0.717, 1.165) is 35.8 Å². The third-order valence-electron chi connectivity index (χ3n) is 5.76. The normalized spacial score (nSPS) is 15.8. The Kier molecular flexibility index (Phi) is 8.26. The highest BCUT2D eigenvalue weighted by molar-refractivity contribution is 7.92. The molecule has 2 aromatic carbocycles. The summed E-state index contributed by atoms with van der Waals surface area (Å²) in [6.45, 7) is 5.27. The number of rotatable bonds is 9. The summed E-state index contributed by atoms with van der Waals surface area (Å²) >= 11 is 0. The highest BCUT2D eigenvalue weighted by Gasteiger charge is 2.31. The summed E-state index contributed by atoms with van der Waals surface area (Å²) < 4.78 is 39.3. The molecule has 32 heavy (non-hydrogen) atoms. The molecule has 3 rings (SSSR count). The molecule has 1 aliphatic heterocycles. The van der Waals surface area contributed by atoms with Gasteiger partial charge >= 0.3 is 0 Å². The summed E-state index contributed by atoms with van der Waals surface area (Å²) in [5.74, 6) is -0.858. The Morgan fingerprint density at radius 3 is 2.19 bits per heavy atom. The lowest BCUT2D eigenvalue weighted by atomic mass is 10.1. The number of hydrogen-bond acceptors (Lipinski definition) is 4. The minimum atomic E-state index is -3.74. The summed E-state index contributed by atoms with van der Waals surface area (Å²) in [6, 6.07) is 12.3. The van der Waals surface area contributed by atoms with Crippen molar-refractivity contribution in [2.75, 3.05) is 23.7 Å². The number of carbonyl (C=O) groups excluding carboxylic acids is 1. The molecule has 8 heteroatoms. The number of hydrogen-bond donors (Lipinski definition) is 1. The third kappa shape index (κ3) is 6.53. The van der Waals surface area contributed by atoms with Gasteiger partial charge in [-0.3, -0.25) is 14.0 Å².